The van der Waals surface area contributed by atoms with Crippen molar-refractivity contribution in [3.05, 3.63) is 71.0 Å². The van der Waals surface area contributed by atoms with Gasteiger partial charge in [-0.05, 0) is 0 Å². The summed E-state index contributed by atoms with van der Waals surface area (Å²) in [5.74, 6) is 0.187. The van der Waals surface area contributed by atoms with E-state index in [0.717, 1.165) is 11.1 Å². The summed E-state index contributed by atoms with van der Waals surface area (Å²) < 4.78 is 0. The molecule has 138 valence electrons. The van der Waals surface area contributed by atoms with Crippen molar-refractivity contribution < 1.29 is 0 Å². The summed E-state index contributed by atoms with van der Waals surface area (Å²) in [6.45, 7) is 0. The molecule has 0 unspecified atom stereocenters. The Kier molecular flexibility index (Phi) is 4.63. The number of benzene rings is 2. The van der Waals surface area contributed by atoms with Crippen LogP contribution < -0.4 is 5.56 Å². The number of aromatic amines is 1. The van der Waals surface area contributed by atoms with Crippen LogP contribution in [0, 0.1) is 0 Å². The summed E-state index contributed by atoms with van der Waals surface area (Å²) in [6, 6.07) is 19.4. The SMILES string of the molecule is CN(C)/C=N/c1nc2nc(-c3ccccc3)c(-c3ccccc3)nc2c(=O)[nH]1. The van der Waals surface area contributed by atoms with Crippen LogP contribution in [-0.4, -0.2) is 45.3 Å². The van der Waals surface area contributed by atoms with E-state index in [-0.39, 0.29) is 22.7 Å². The molecule has 0 aliphatic carbocycles. The molecule has 0 saturated carbocycles. The number of H-pyrrole nitrogens is 1. The van der Waals surface area contributed by atoms with Gasteiger partial charge in [-0.1, -0.05) is 60.7 Å². The maximum atomic E-state index is 12.6. The second-order valence-corrected chi connectivity index (χ2v) is 6.42. The monoisotopic (exact) mass is 370 g/mol. The highest BCUT2D eigenvalue weighted by Gasteiger charge is 2.16. The van der Waals surface area contributed by atoms with Crippen molar-refractivity contribution in [2.75, 3.05) is 14.1 Å². The highest BCUT2D eigenvalue weighted by Crippen LogP contribution is 2.29. The lowest BCUT2D eigenvalue weighted by Gasteiger charge is -2.10. The minimum Gasteiger partial charge on any atom is -0.369 e. The number of fused-ring (bicyclic) bond motifs is 1. The Morgan fingerprint density at radius 2 is 1.43 bits per heavy atom. The summed E-state index contributed by atoms with van der Waals surface area (Å²) in [4.78, 5) is 34.9. The summed E-state index contributed by atoms with van der Waals surface area (Å²) in [5.41, 5.74) is 3.15. The van der Waals surface area contributed by atoms with Crippen LogP contribution in [0.2, 0.25) is 0 Å². The first kappa shape index (κ1) is 17.5. The molecule has 2 aromatic carbocycles. The maximum absolute atomic E-state index is 12.6. The van der Waals surface area contributed by atoms with Crippen LogP contribution in [0.15, 0.2) is 70.5 Å². The van der Waals surface area contributed by atoms with Gasteiger partial charge in [-0.3, -0.25) is 9.78 Å². The lowest BCUT2D eigenvalue weighted by Crippen LogP contribution is -2.13. The molecule has 2 heterocycles. The van der Waals surface area contributed by atoms with E-state index >= 15 is 0 Å². The normalized spacial score (nSPS) is 11.2. The predicted molar refractivity (Wildman–Crippen MR) is 111 cm³/mol. The molecule has 0 saturated heterocycles. The van der Waals surface area contributed by atoms with Crippen LogP contribution >= 0.6 is 0 Å². The molecule has 7 heteroatoms. The van der Waals surface area contributed by atoms with Crippen molar-refractivity contribution in [2.24, 2.45) is 4.99 Å². The number of rotatable bonds is 4. The fourth-order valence-electron chi connectivity index (χ4n) is 2.77. The third kappa shape index (κ3) is 3.50. The van der Waals surface area contributed by atoms with Crippen LogP contribution in [0.1, 0.15) is 0 Å². The van der Waals surface area contributed by atoms with Gasteiger partial charge < -0.3 is 4.90 Å². The molecule has 7 nitrogen and oxygen atoms in total. The van der Waals surface area contributed by atoms with E-state index in [1.807, 2.05) is 74.8 Å². The Bertz CT molecular complexity index is 1200. The highest BCUT2D eigenvalue weighted by atomic mass is 16.1. The molecule has 1 N–H and O–H groups in total. The zero-order valence-electron chi connectivity index (χ0n) is 15.5. The van der Waals surface area contributed by atoms with Crippen LogP contribution in [0.25, 0.3) is 33.7 Å². The Balaban J connectivity index is 1.99. The van der Waals surface area contributed by atoms with Gasteiger partial charge in [0.05, 0.1) is 17.7 Å². The van der Waals surface area contributed by atoms with E-state index in [2.05, 4.69) is 24.9 Å². The van der Waals surface area contributed by atoms with Gasteiger partial charge in [-0.15, -0.1) is 0 Å². The van der Waals surface area contributed by atoms with Crippen molar-refractivity contribution in [2.45, 2.75) is 0 Å². The molecular weight excluding hydrogens is 352 g/mol. The van der Waals surface area contributed by atoms with Crippen molar-refractivity contribution >= 4 is 23.5 Å². The van der Waals surface area contributed by atoms with Crippen LogP contribution in [-0.2, 0) is 0 Å². The number of hydrogen-bond donors (Lipinski definition) is 1. The van der Waals surface area contributed by atoms with Gasteiger partial charge in [-0.25, -0.2) is 15.0 Å². The van der Waals surface area contributed by atoms with E-state index in [1.165, 1.54) is 0 Å². The minimum atomic E-state index is -0.375. The summed E-state index contributed by atoms with van der Waals surface area (Å²) >= 11 is 0. The predicted octanol–water partition coefficient (Wildman–Crippen LogP) is 3.27. The third-order valence-corrected chi connectivity index (χ3v) is 4.04. The largest absolute Gasteiger partial charge is 0.369 e. The van der Waals surface area contributed by atoms with Gasteiger partial charge in [-0.2, -0.15) is 4.98 Å². The minimum absolute atomic E-state index is 0.183. The molecule has 0 fully saturated rings. The van der Waals surface area contributed by atoms with Gasteiger partial charge in [0.1, 0.15) is 0 Å². The van der Waals surface area contributed by atoms with E-state index in [4.69, 9.17) is 0 Å². The van der Waals surface area contributed by atoms with E-state index in [1.54, 1.807) is 11.2 Å². The average molecular weight is 370 g/mol. The standard InChI is InChI=1S/C21H18N6O/c1-27(2)13-22-21-25-19-18(20(28)26-21)23-16(14-9-5-3-6-10-14)17(24-19)15-11-7-4-8-12-15/h3-13H,1-2H3,(H,24,25,26,28)/b22-13+. The zero-order valence-corrected chi connectivity index (χ0v) is 15.5. The molecule has 0 amide bonds. The molecular formula is C21H18N6O. The Morgan fingerprint density at radius 3 is 2.00 bits per heavy atom. The molecule has 0 radical (unpaired) electrons. The summed E-state index contributed by atoms with van der Waals surface area (Å²) in [6.07, 6.45) is 1.56. The van der Waals surface area contributed by atoms with Crippen molar-refractivity contribution in [1.29, 1.82) is 0 Å². The van der Waals surface area contributed by atoms with Gasteiger partial charge >= 0.3 is 0 Å². The Hall–Kier alpha value is -3.87. The highest BCUT2D eigenvalue weighted by molar-refractivity contribution is 5.84. The van der Waals surface area contributed by atoms with E-state index in [9.17, 15) is 4.79 Å². The van der Waals surface area contributed by atoms with Crippen LogP contribution in [0.4, 0.5) is 5.95 Å². The number of aliphatic imine (C=N–C) groups is 1. The van der Waals surface area contributed by atoms with Gasteiger partial charge in [0.15, 0.2) is 11.2 Å². The second-order valence-electron chi connectivity index (χ2n) is 6.42. The van der Waals surface area contributed by atoms with Crippen molar-refractivity contribution in [1.82, 2.24) is 24.8 Å². The lowest BCUT2D eigenvalue weighted by molar-refractivity contribution is 0.642. The quantitative estimate of drug-likeness (QED) is 0.440. The van der Waals surface area contributed by atoms with Crippen LogP contribution in [0.5, 0.6) is 0 Å². The third-order valence-electron chi connectivity index (χ3n) is 4.04. The smallest absolute Gasteiger partial charge is 0.280 e. The molecule has 0 aliphatic rings. The number of nitrogens with one attached hydrogen (secondary N) is 1. The summed E-state index contributed by atoms with van der Waals surface area (Å²) in [5, 5.41) is 0. The fraction of sp³-hybridized carbons (Fsp3) is 0.0952. The van der Waals surface area contributed by atoms with E-state index < -0.39 is 0 Å². The molecule has 0 aliphatic heterocycles. The van der Waals surface area contributed by atoms with Gasteiger partial charge in [0.25, 0.3) is 5.56 Å². The molecule has 4 aromatic rings. The first-order chi connectivity index (χ1) is 13.6. The number of aromatic nitrogens is 4. The first-order valence-electron chi connectivity index (χ1n) is 8.75. The average Bonchev–Trinajstić information content (AvgIpc) is 2.73. The zero-order chi connectivity index (χ0) is 19.5. The van der Waals surface area contributed by atoms with Crippen molar-refractivity contribution in [3.63, 3.8) is 0 Å². The molecule has 2 aromatic heterocycles. The molecule has 0 spiro atoms. The molecule has 4 rings (SSSR count). The van der Waals surface area contributed by atoms with Gasteiger partial charge in [0, 0.05) is 25.2 Å². The lowest BCUT2D eigenvalue weighted by atomic mass is 10.0. The topological polar surface area (TPSA) is 87.1 Å². The summed E-state index contributed by atoms with van der Waals surface area (Å²) in [7, 11) is 3.67. The molecule has 0 atom stereocenters. The molecule has 0 bridgehead atoms. The van der Waals surface area contributed by atoms with E-state index in [0.29, 0.717) is 11.4 Å². The maximum Gasteiger partial charge on any atom is 0.280 e. The first-order valence-corrected chi connectivity index (χ1v) is 8.75. The molecule has 28 heavy (non-hydrogen) atoms. The Labute approximate surface area is 161 Å². The van der Waals surface area contributed by atoms with Crippen molar-refractivity contribution in [3.8, 4) is 22.5 Å². The van der Waals surface area contributed by atoms with Crippen LogP contribution in [0.3, 0.4) is 0 Å². The number of hydrogen-bond acceptors (Lipinski definition) is 5. The second kappa shape index (κ2) is 7.40. The fourth-order valence-corrected chi connectivity index (χ4v) is 2.77. The Morgan fingerprint density at radius 1 is 0.857 bits per heavy atom. The van der Waals surface area contributed by atoms with Gasteiger partial charge in [0.2, 0.25) is 5.95 Å². The number of nitrogens with zero attached hydrogens (tertiary/aromatic N) is 5.